The van der Waals surface area contributed by atoms with E-state index in [1.165, 1.54) is 5.56 Å². The van der Waals surface area contributed by atoms with Gasteiger partial charge in [0.15, 0.2) is 11.5 Å². The summed E-state index contributed by atoms with van der Waals surface area (Å²) in [5.74, 6) is 2.11. The maximum atomic E-state index is 8.54. The van der Waals surface area contributed by atoms with Gasteiger partial charge in [0.05, 0.1) is 18.8 Å². The van der Waals surface area contributed by atoms with E-state index in [0.717, 1.165) is 36.3 Å². The molecular weight excluding hydrogens is 288 g/mol. The van der Waals surface area contributed by atoms with Crippen LogP contribution in [0.5, 0.6) is 11.5 Å². The summed E-state index contributed by atoms with van der Waals surface area (Å²) in [6.45, 7) is 7.27. The summed E-state index contributed by atoms with van der Waals surface area (Å²) in [6, 6.07) is 4.07. The van der Waals surface area contributed by atoms with Gasteiger partial charge in [-0.05, 0) is 50.8 Å². The van der Waals surface area contributed by atoms with Gasteiger partial charge in [-0.1, -0.05) is 20.4 Å². The van der Waals surface area contributed by atoms with Crippen LogP contribution < -0.4 is 9.47 Å². The van der Waals surface area contributed by atoms with Crippen LogP contribution in [-0.4, -0.2) is 23.9 Å². The second kappa shape index (κ2) is 6.65. The van der Waals surface area contributed by atoms with Crippen LogP contribution in [0.3, 0.4) is 0 Å². The van der Waals surface area contributed by atoms with E-state index in [4.69, 9.17) is 14.9 Å². The Bertz CT molecular complexity index is 618. The van der Waals surface area contributed by atoms with Gasteiger partial charge in [-0.25, -0.2) is 0 Å². The molecule has 1 saturated carbocycles. The molecule has 0 atom stereocenters. The SMILES string of the molecule is C.CCC=CN1C(=N)c2cc(OCC)c(OCC)cc2C12CC2. The molecule has 1 aromatic carbocycles. The molecular formula is C19H28N2O2. The van der Waals surface area contributed by atoms with Crippen molar-refractivity contribution in [2.45, 2.75) is 53.0 Å². The van der Waals surface area contributed by atoms with Gasteiger partial charge in [-0.15, -0.1) is 0 Å². The fourth-order valence-electron chi connectivity index (χ4n) is 3.21. The standard InChI is InChI=1S/C18H24N2O2.CH4/c1-4-7-10-20-17(19)13-11-15(21-5-2)16(22-6-3)12-14(13)18(20)8-9-18;/h7,10-12,19H,4-6,8-9H2,1-3H3;1H4. The second-order valence-corrected chi connectivity index (χ2v) is 5.75. The van der Waals surface area contributed by atoms with Crippen molar-refractivity contribution in [2.75, 3.05) is 13.2 Å². The molecule has 1 spiro atoms. The van der Waals surface area contributed by atoms with Crippen LogP contribution in [-0.2, 0) is 5.54 Å². The fourth-order valence-corrected chi connectivity index (χ4v) is 3.21. The summed E-state index contributed by atoms with van der Waals surface area (Å²) < 4.78 is 11.5. The minimum Gasteiger partial charge on any atom is -0.490 e. The molecule has 1 N–H and O–H groups in total. The zero-order chi connectivity index (χ0) is 15.7. The number of allylic oxidation sites excluding steroid dienone is 1. The van der Waals surface area contributed by atoms with E-state index in [9.17, 15) is 0 Å². The molecule has 0 amide bonds. The summed E-state index contributed by atoms with van der Waals surface area (Å²) in [7, 11) is 0. The van der Waals surface area contributed by atoms with Crippen molar-refractivity contribution in [2.24, 2.45) is 0 Å². The molecule has 1 aliphatic carbocycles. The van der Waals surface area contributed by atoms with Crippen molar-refractivity contribution in [3.05, 3.63) is 35.5 Å². The van der Waals surface area contributed by atoms with Crippen LogP contribution in [0.4, 0.5) is 0 Å². The average molecular weight is 316 g/mol. The van der Waals surface area contributed by atoms with Crippen LogP contribution in [0.1, 0.15) is 58.6 Å². The number of hydrogen-bond acceptors (Lipinski definition) is 3. The second-order valence-electron chi connectivity index (χ2n) is 5.75. The van der Waals surface area contributed by atoms with Crippen LogP contribution in [0.25, 0.3) is 0 Å². The monoisotopic (exact) mass is 316 g/mol. The molecule has 4 nitrogen and oxygen atoms in total. The Kier molecular flexibility index (Phi) is 5.03. The van der Waals surface area contributed by atoms with Crippen molar-refractivity contribution in [3.63, 3.8) is 0 Å². The Hall–Kier alpha value is -1.97. The lowest BCUT2D eigenvalue weighted by Gasteiger charge is -2.22. The molecule has 23 heavy (non-hydrogen) atoms. The molecule has 0 saturated heterocycles. The number of rotatable bonds is 6. The zero-order valence-electron chi connectivity index (χ0n) is 13.6. The quantitative estimate of drug-likeness (QED) is 0.829. The van der Waals surface area contributed by atoms with Gasteiger partial charge in [0.25, 0.3) is 0 Å². The third-order valence-corrected chi connectivity index (χ3v) is 4.36. The van der Waals surface area contributed by atoms with Crippen LogP contribution in [0, 0.1) is 5.41 Å². The molecule has 0 aromatic heterocycles. The Morgan fingerprint density at radius 1 is 1.13 bits per heavy atom. The zero-order valence-corrected chi connectivity index (χ0v) is 13.6. The van der Waals surface area contributed by atoms with Gasteiger partial charge in [0.2, 0.25) is 0 Å². The molecule has 0 bridgehead atoms. The third kappa shape index (κ3) is 2.71. The van der Waals surface area contributed by atoms with E-state index in [1.54, 1.807) is 0 Å². The highest BCUT2D eigenvalue weighted by Gasteiger charge is 2.56. The van der Waals surface area contributed by atoms with Crippen LogP contribution in [0.15, 0.2) is 24.4 Å². The van der Waals surface area contributed by atoms with E-state index in [0.29, 0.717) is 19.0 Å². The predicted molar refractivity (Wildman–Crippen MR) is 94.5 cm³/mol. The molecule has 126 valence electrons. The molecule has 1 aliphatic heterocycles. The van der Waals surface area contributed by atoms with Crippen LogP contribution in [0.2, 0.25) is 0 Å². The number of hydrogen-bond donors (Lipinski definition) is 1. The fraction of sp³-hybridized carbons (Fsp3) is 0.526. The minimum absolute atomic E-state index is 0. The number of ether oxygens (including phenoxy) is 2. The maximum absolute atomic E-state index is 8.54. The van der Waals surface area contributed by atoms with Gasteiger partial charge in [-0.3, -0.25) is 5.41 Å². The molecule has 1 heterocycles. The first-order valence-corrected chi connectivity index (χ1v) is 8.17. The van der Waals surface area contributed by atoms with E-state index in [-0.39, 0.29) is 13.0 Å². The first-order valence-electron chi connectivity index (χ1n) is 8.17. The van der Waals surface area contributed by atoms with E-state index in [2.05, 4.69) is 30.2 Å². The largest absolute Gasteiger partial charge is 0.490 e. The molecule has 4 heteroatoms. The van der Waals surface area contributed by atoms with Crippen molar-refractivity contribution < 1.29 is 9.47 Å². The maximum Gasteiger partial charge on any atom is 0.161 e. The Labute approximate surface area is 139 Å². The number of nitrogens with zero attached hydrogens (tertiary/aromatic N) is 1. The van der Waals surface area contributed by atoms with Crippen molar-refractivity contribution in [3.8, 4) is 11.5 Å². The highest BCUT2D eigenvalue weighted by Crippen LogP contribution is 2.58. The number of amidine groups is 1. The lowest BCUT2D eigenvalue weighted by atomic mass is 10.0. The Balaban J connectivity index is 0.00000192. The minimum atomic E-state index is -0.0192. The van der Waals surface area contributed by atoms with Crippen molar-refractivity contribution >= 4 is 5.84 Å². The van der Waals surface area contributed by atoms with Crippen molar-refractivity contribution in [1.82, 2.24) is 4.90 Å². The first-order chi connectivity index (χ1) is 10.7. The third-order valence-electron chi connectivity index (χ3n) is 4.36. The predicted octanol–water partition coefficient (Wildman–Crippen LogP) is 4.67. The first kappa shape index (κ1) is 17.4. The van der Waals surface area contributed by atoms with Crippen LogP contribution >= 0.6 is 0 Å². The molecule has 0 unspecified atom stereocenters. The smallest absolute Gasteiger partial charge is 0.161 e. The van der Waals surface area contributed by atoms with E-state index >= 15 is 0 Å². The Morgan fingerprint density at radius 2 is 1.74 bits per heavy atom. The lowest BCUT2D eigenvalue weighted by Crippen LogP contribution is -2.27. The molecule has 2 aliphatic rings. The van der Waals surface area contributed by atoms with Crippen molar-refractivity contribution in [1.29, 1.82) is 5.41 Å². The highest BCUT2D eigenvalue weighted by atomic mass is 16.5. The molecule has 1 aromatic rings. The molecule has 0 radical (unpaired) electrons. The summed E-state index contributed by atoms with van der Waals surface area (Å²) in [5.41, 5.74) is 2.17. The topological polar surface area (TPSA) is 45.6 Å². The molecule has 3 rings (SSSR count). The highest BCUT2D eigenvalue weighted by molar-refractivity contribution is 6.03. The number of fused-ring (bicyclic) bond motifs is 2. The molecule has 1 fully saturated rings. The average Bonchev–Trinajstić information content (AvgIpc) is 3.26. The summed E-state index contributed by atoms with van der Waals surface area (Å²) in [5, 5.41) is 8.54. The lowest BCUT2D eigenvalue weighted by molar-refractivity contribution is 0.287. The van der Waals surface area contributed by atoms with Gasteiger partial charge >= 0.3 is 0 Å². The number of benzene rings is 1. The summed E-state index contributed by atoms with van der Waals surface area (Å²) in [4.78, 5) is 2.12. The van der Waals surface area contributed by atoms with Gasteiger partial charge in [-0.2, -0.15) is 0 Å². The van der Waals surface area contributed by atoms with E-state index in [1.807, 2.05) is 19.9 Å². The van der Waals surface area contributed by atoms with Gasteiger partial charge in [0, 0.05) is 11.8 Å². The van der Waals surface area contributed by atoms with E-state index < -0.39 is 0 Å². The van der Waals surface area contributed by atoms with Gasteiger partial charge < -0.3 is 14.4 Å². The Morgan fingerprint density at radius 3 is 2.26 bits per heavy atom. The summed E-state index contributed by atoms with van der Waals surface area (Å²) in [6.07, 6.45) is 7.35. The summed E-state index contributed by atoms with van der Waals surface area (Å²) >= 11 is 0. The normalized spacial score (nSPS) is 17.3. The van der Waals surface area contributed by atoms with Gasteiger partial charge in [0.1, 0.15) is 5.84 Å². The number of nitrogens with one attached hydrogen (secondary N) is 1.